The van der Waals surface area contributed by atoms with Gasteiger partial charge in [0.2, 0.25) is 11.8 Å². The lowest BCUT2D eigenvalue weighted by Gasteiger charge is -2.16. The summed E-state index contributed by atoms with van der Waals surface area (Å²) in [6.45, 7) is 3.26. The number of likely N-dealkylation sites (tertiary alicyclic amines) is 1. The first-order chi connectivity index (χ1) is 14.0. The van der Waals surface area contributed by atoms with Gasteiger partial charge >= 0.3 is 0 Å². The van der Waals surface area contributed by atoms with Crippen LogP contribution in [0.3, 0.4) is 0 Å². The van der Waals surface area contributed by atoms with Crippen LogP contribution in [0.15, 0.2) is 53.0 Å². The maximum Gasteiger partial charge on any atom is 0.255 e. The van der Waals surface area contributed by atoms with Gasteiger partial charge in [-0.15, -0.1) is 0 Å². The summed E-state index contributed by atoms with van der Waals surface area (Å²) >= 11 is 3.37. The van der Waals surface area contributed by atoms with E-state index in [1.165, 1.54) is 0 Å². The van der Waals surface area contributed by atoms with Crippen molar-refractivity contribution in [1.82, 2.24) is 4.90 Å². The van der Waals surface area contributed by atoms with Crippen molar-refractivity contribution in [3.8, 4) is 0 Å². The Kier molecular flexibility index (Phi) is 7.04. The number of unbranched alkanes of at least 4 members (excludes halogenated alkanes) is 1. The van der Waals surface area contributed by atoms with Crippen LogP contribution in [0.1, 0.15) is 36.5 Å². The van der Waals surface area contributed by atoms with Crippen molar-refractivity contribution >= 4 is 45.0 Å². The van der Waals surface area contributed by atoms with E-state index in [9.17, 15) is 14.4 Å². The van der Waals surface area contributed by atoms with Gasteiger partial charge in [-0.25, -0.2) is 0 Å². The molecule has 1 saturated heterocycles. The molecule has 0 radical (unpaired) electrons. The number of hydrogen-bond donors (Lipinski definition) is 2. The topological polar surface area (TPSA) is 78.5 Å². The summed E-state index contributed by atoms with van der Waals surface area (Å²) < 4.78 is 0.881. The molecule has 2 aromatic carbocycles. The van der Waals surface area contributed by atoms with Crippen LogP contribution >= 0.6 is 15.9 Å². The van der Waals surface area contributed by atoms with Gasteiger partial charge in [-0.1, -0.05) is 35.3 Å². The highest BCUT2D eigenvalue weighted by atomic mass is 79.9. The number of rotatable bonds is 7. The SMILES string of the molecule is CCCCN1CC(C(=O)Nc2ccc(C(=O)Nc3cccc(Br)c3)cc2)CC1=O. The zero-order valence-electron chi connectivity index (χ0n) is 16.3. The smallest absolute Gasteiger partial charge is 0.255 e. The summed E-state index contributed by atoms with van der Waals surface area (Å²) in [6, 6.07) is 14.1. The Morgan fingerprint density at radius 2 is 1.86 bits per heavy atom. The Morgan fingerprint density at radius 1 is 1.10 bits per heavy atom. The molecule has 1 heterocycles. The number of carbonyl (C=O) groups excluding carboxylic acids is 3. The Bertz CT molecular complexity index is 898. The minimum atomic E-state index is -0.334. The molecule has 7 heteroatoms. The number of hydrogen-bond acceptors (Lipinski definition) is 3. The third kappa shape index (κ3) is 5.67. The van der Waals surface area contributed by atoms with E-state index in [0.29, 0.717) is 30.0 Å². The molecule has 0 spiro atoms. The molecule has 1 aliphatic rings. The van der Waals surface area contributed by atoms with Crippen LogP contribution in [0.2, 0.25) is 0 Å². The molecule has 1 fully saturated rings. The molecular formula is C22H24BrN3O3. The zero-order valence-corrected chi connectivity index (χ0v) is 17.9. The van der Waals surface area contributed by atoms with E-state index in [1.807, 2.05) is 24.3 Å². The summed E-state index contributed by atoms with van der Waals surface area (Å²) in [5, 5.41) is 5.68. The molecule has 2 N–H and O–H groups in total. The summed E-state index contributed by atoms with van der Waals surface area (Å²) in [4.78, 5) is 38.7. The maximum atomic E-state index is 12.5. The second-order valence-corrected chi connectivity index (χ2v) is 8.04. The fourth-order valence-corrected chi connectivity index (χ4v) is 3.63. The molecule has 0 bridgehead atoms. The van der Waals surface area contributed by atoms with Crippen LogP contribution in [-0.4, -0.2) is 35.7 Å². The lowest BCUT2D eigenvalue weighted by molar-refractivity contribution is -0.128. The van der Waals surface area contributed by atoms with Crippen molar-refractivity contribution < 1.29 is 14.4 Å². The molecule has 0 saturated carbocycles. The van der Waals surface area contributed by atoms with Crippen molar-refractivity contribution in [3.63, 3.8) is 0 Å². The Hall–Kier alpha value is -2.67. The molecule has 0 aromatic heterocycles. The molecular weight excluding hydrogens is 434 g/mol. The minimum absolute atomic E-state index is 0.0400. The fourth-order valence-electron chi connectivity index (χ4n) is 3.23. The Balaban J connectivity index is 1.55. The number of anilines is 2. The number of nitrogens with one attached hydrogen (secondary N) is 2. The summed E-state index contributed by atoms with van der Waals surface area (Å²) in [5.41, 5.74) is 1.79. The average molecular weight is 458 g/mol. The standard InChI is InChI=1S/C22H24BrN3O3/c1-2-3-11-26-14-16(12-20(26)27)22(29)24-18-9-7-15(8-10-18)21(28)25-19-6-4-5-17(23)13-19/h4-10,13,16H,2-3,11-12,14H2,1H3,(H,24,29)(H,25,28). The van der Waals surface area contributed by atoms with Crippen LogP contribution in [-0.2, 0) is 9.59 Å². The first-order valence-electron chi connectivity index (χ1n) is 9.72. The quantitative estimate of drug-likeness (QED) is 0.650. The lowest BCUT2D eigenvalue weighted by atomic mass is 10.1. The summed E-state index contributed by atoms with van der Waals surface area (Å²) in [5.74, 6) is -0.686. The van der Waals surface area contributed by atoms with Gasteiger partial charge in [0.1, 0.15) is 0 Å². The van der Waals surface area contributed by atoms with Gasteiger partial charge in [-0.05, 0) is 48.9 Å². The van der Waals surface area contributed by atoms with Crippen molar-refractivity contribution in [1.29, 1.82) is 0 Å². The number of benzene rings is 2. The first kappa shape index (κ1) is 21.0. The van der Waals surface area contributed by atoms with Gasteiger partial charge in [0.25, 0.3) is 5.91 Å². The average Bonchev–Trinajstić information content (AvgIpc) is 3.07. The van der Waals surface area contributed by atoms with E-state index < -0.39 is 0 Å². The summed E-state index contributed by atoms with van der Waals surface area (Å²) in [6.07, 6.45) is 2.22. The molecule has 1 atom stereocenters. The van der Waals surface area contributed by atoms with E-state index in [4.69, 9.17) is 0 Å². The van der Waals surface area contributed by atoms with E-state index in [2.05, 4.69) is 33.5 Å². The molecule has 152 valence electrons. The normalized spacial score (nSPS) is 16.0. The van der Waals surface area contributed by atoms with Crippen molar-refractivity contribution in [2.75, 3.05) is 23.7 Å². The van der Waals surface area contributed by atoms with Gasteiger partial charge < -0.3 is 15.5 Å². The molecule has 1 unspecified atom stereocenters. The summed E-state index contributed by atoms with van der Waals surface area (Å²) in [7, 11) is 0. The molecule has 3 rings (SSSR count). The highest BCUT2D eigenvalue weighted by Crippen LogP contribution is 2.21. The van der Waals surface area contributed by atoms with E-state index in [0.717, 1.165) is 17.3 Å². The van der Waals surface area contributed by atoms with Crippen LogP contribution in [0.4, 0.5) is 11.4 Å². The second-order valence-electron chi connectivity index (χ2n) is 7.13. The van der Waals surface area contributed by atoms with Crippen LogP contribution < -0.4 is 10.6 Å². The van der Waals surface area contributed by atoms with Crippen molar-refractivity contribution in [2.45, 2.75) is 26.2 Å². The van der Waals surface area contributed by atoms with Crippen molar-refractivity contribution in [2.24, 2.45) is 5.92 Å². The highest BCUT2D eigenvalue weighted by Gasteiger charge is 2.33. The van der Waals surface area contributed by atoms with Gasteiger partial charge in [0.05, 0.1) is 5.92 Å². The molecule has 3 amide bonds. The number of nitrogens with zero attached hydrogens (tertiary/aromatic N) is 1. The van der Waals surface area contributed by atoms with Crippen LogP contribution in [0.25, 0.3) is 0 Å². The first-order valence-corrected chi connectivity index (χ1v) is 10.5. The van der Waals surface area contributed by atoms with Gasteiger partial charge in [0.15, 0.2) is 0 Å². The van der Waals surface area contributed by atoms with Gasteiger partial charge in [-0.2, -0.15) is 0 Å². The van der Waals surface area contributed by atoms with Gasteiger partial charge in [0, 0.05) is 40.9 Å². The third-order valence-electron chi connectivity index (χ3n) is 4.86. The third-order valence-corrected chi connectivity index (χ3v) is 5.36. The zero-order chi connectivity index (χ0) is 20.8. The van der Waals surface area contributed by atoms with Crippen molar-refractivity contribution in [3.05, 3.63) is 58.6 Å². The predicted octanol–water partition coefficient (Wildman–Crippen LogP) is 4.29. The lowest BCUT2D eigenvalue weighted by Crippen LogP contribution is -2.29. The molecule has 2 aromatic rings. The number of halogens is 1. The highest BCUT2D eigenvalue weighted by molar-refractivity contribution is 9.10. The van der Waals surface area contributed by atoms with Gasteiger partial charge in [-0.3, -0.25) is 14.4 Å². The molecule has 1 aliphatic heterocycles. The Morgan fingerprint density at radius 3 is 2.55 bits per heavy atom. The predicted molar refractivity (Wildman–Crippen MR) is 117 cm³/mol. The second kappa shape index (κ2) is 9.69. The Labute approximate surface area is 178 Å². The largest absolute Gasteiger partial charge is 0.342 e. The molecule has 29 heavy (non-hydrogen) atoms. The van der Waals surface area contributed by atoms with Crippen LogP contribution in [0.5, 0.6) is 0 Å². The maximum absolute atomic E-state index is 12.5. The van der Waals surface area contributed by atoms with Crippen LogP contribution in [0, 0.1) is 5.92 Å². The molecule has 0 aliphatic carbocycles. The number of amides is 3. The van der Waals surface area contributed by atoms with E-state index in [1.54, 1.807) is 29.2 Å². The minimum Gasteiger partial charge on any atom is -0.342 e. The van der Waals surface area contributed by atoms with E-state index >= 15 is 0 Å². The molecule has 6 nitrogen and oxygen atoms in total. The fraction of sp³-hybridized carbons (Fsp3) is 0.318. The number of carbonyl (C=O) groups is 3. The monoisotopic (exact) mass is 457 g/mol. The van der Waals surface area contributed by atoms with E-state index in [-0.39, 0.29) is 30.1 Å².